The summed E-state index contributed by atoms with van der Waals surface area (Å²) in [5.74, 6) is 1.40. The maximum absolute atomic E-state index is 4.93. The largest absolute Gasteiger partial charge is 0.184 e. The summed E-state index contributed by atoms with van der Waals surface area (Å²) in [4.78, 5) is 0. The number of rotatable bonds is 6. The molecular weight excluding hydrogens is 863 g/mol. The molecule has 0 aliphatic carbocycles. The molecule has 9 rings (SSSR count). The van der Waals surface area contributed by atoms with E-state index in [2.05, 4.69) is 197 Å². The molecule has 0 N–H and O–H groups in total. The maximum atomic E-state index is 4.93. The SMILES string of the molecule is Cc1ccc(-c2cccc3[cH-]c(CC(C)C)cc23)c(C)c1C.Cc1ccc(-c2cccc3[cH-]c(CC(C)C)cc23)c(C)c1C.[Cl][Zr][Cl].[c-]1cccc2c1[Si]c1ccccc1-2. The first-order valence-electron chi connectivity index (χ1n) is 21.2. The molecule has 1 aliphatic rings. The summed E-state index contributed by atoms with van der Waals surface area (Å²) < 4.78 is 0. The Hall–Kier alpha value is -3.78. The molecule has 0 atom stereocenters. The normalized spacial score (nSPS) is 11.4. The van der Waals surface area contributed by atoms with E-state index in [0.29, 0.717) is 11.8 Å². The molecule has 2 radical (unpaired) electrons. The van der Waals surface area contributed by atoms with Gasteiger partial charge in [-0.2, -0.15) is 41.6 Å². The molecule has 60 heavy (non-hydrogen) atoms. The molecule has 1 heterocycles. The van der Waals surface area contributed by atoms with E-state index < -0.39 is 20.8 Å². The minimum absolute atomic E-state index is 0.698. The minimum atomic E-state index is -0.826. The average Bonchev–Trinajstić information content (AvgIpc) is 3.94. The van der Waals surface area contributed by atoms with Crippen molar-refractivity contribution in [3.8, 4) is 33.4 Å². The topological polar surface area (TPSA) is 0 Å². The third kappa shape index (κ3) is 10.6. The third-order valence-corrected chi connectivity index (χ3v) is 13.3. The molecule has 8 aromatic carbocycles. The predicted octanol–water partition coefficient (Wildman–Crippen LogP) is 15.2. The Morgan fingerprint density at radius 1 is 0.517 bits per heavy atom. The summed E-state index contributed by atoms with van der Waals surface area (Å²) in [5, 5.41) is 8.34. The Balaban J connectivity index is 0.000000150. The standard InChI is InChI=1S/2C22H25.C12H7Si.2ClH.Zr/c2*1-14(2)11-18-12-19-7-6-8-21(22(19)13-18)20-10-9-15(3)16(4)17(20)5;1-3-7-11-9(5-1)10-6-2-4-8-12(10)13-11;;;/h2*6-10,12-14H,11H2,1-5H3;1-7H;2*1H;/q3*-1;;;+2/p-2. The van der Waals surface area contributed by atoms with E-state index in [0.717, 1.165) is 22.4 Å². The van der Waals surface area contributed by atoms with Crippen molar-refractivity contribution in [1.82, 2.24) is 0 Å². The van der Waals surface area contributed by atoms with Crippen molar-refractivity contribution in [2.24, 2.45) is 11.8 Å². The van der Waals surface area contributed by atoms with Gasteiger partial charge in [-0.1, -0.05) is 110 Å². The first kappa shape index (κ1) is 45.7. The molecular formula is C56H57Cl2SiZr-3. The van der Waals surface area contributed by atoms with Crippen LogP contribution in [0.2, 0.25) is 0 Å². The van der Waals surface area contributed by atoms with Crippen LogP contribution in [0.3, 0.4) is 0 Å². The maximum Gasteiger partial charge on any atom is 0.0920 e. The zero-order valence-electron chi connectivity index (χ0n) is 36.9. The van der Waals surface area contributed by atoms with Gasteiger partial charge in [-0.3, -0.25) is 0 Å². The first-order chi connectivity index (χ1) is 28.8. The van der Waals surface area contributed by atoms with E-state index in [1.165, 1.54) is 110 Å². The van der Waals surface area contributed by atoms with Crippen LogP contribution in [0.4, 0.5) is 0 Å². The van der Waals surface area contributed by atoms with E-state index in [-0.39, 0.29) is 0 Å². The molecule has 0 fully saturated rings. The average molecular weight is 920 g/mol. The van der Waals surface area contributed by atoms with Gasteiger partial charge in [-0.05, 0) is 111 Å². The van der Waals surface area contributed by atoms with Crippen molar-refractivity contribution in [1.29, 1.82) is 0 Å². The van der Waals surface area contributed by atoms with Crippen LogP contribution in [0.1, 0.15) is 72.2 Å². The Labute approximate surface area is 381 Å². The van der Waals surface area contributed by atoms with Crippen LogP contribution in [0.15, 0.2) is 127 Å². The van der Waals surface area contributed by atoms with Crippen molar-refractivity contribution in [3.63, 3.8) is 0 Å². The van der Waals surface area contributed by atoms with Crippen molar-refractivity contribution < 1.29 is 20.8 Å². The van der Waals surface area contributed by atoms with Crippen LogP contribution >= 0.6 is 17.0 Å². The van der Waals surface area contributed by atoms with Crippen molar-refractivity contribution in [3.05, 3.63) is 178 Å². The zero-order valence-corrected chi connectivity index (χ0v) is 41.9. The van der Waals surface area contributed by atoms with E-state index in [1.54, 1.807) is 0 Å². The Kier molecular flexibility index (Phi) is 15.9. The smallest absolute Gasteiger partial charge is 0.0920 e. The van der Waals surface area contributed by atoms with Crippen LogP contribution in [0, 0.1) is 59.4 Å². The van der Waals surface area contributed by atoms with E-state index >= 15 is 0 Å². The summed E-state index contributed by atoms with van der Waals surface area (Å²) in [7, 11) is 10.7. The van der Waals surface area contributed by atoms with Crippen LogP contribution in [-0.4, -0.2) is 9.52 Å². The number of hydrogen-bond donors (Lipinski definition) is 0. The van der Waals surface area contributed by atoms with E-state index in [9.17, 15) is 0 Å². The second kappa shape index (κ2) is 20.9. The van der Waals surface area contributed by atoms with Gasteiger partial charge in [0.2, 0.25) is 0 Å². The van der Waals surface area contributed by atoms with E-state index in [4.69, 9.17) is 17.0 Å². The van der Waals surface area contributed by atoms with Gasteiger partial charge in [0.15, 0.2) is 0 Å². The molecule has 0 bridgehead atoms. The summed E-state index contributed by atoms with van der Waals surface area (Å²) >= 11 is -0.826. The van der Waals surface area contributed by atoms with Gasteiger partial charge in [0.1, 0.15) is 0 Å². The van der Waals surface area contributed by atoms with Gasteiger partial charge < -0.3 is 0 Å². The Bertz CT molecular complexity index is 2520. The molecule has 0 saturated carbocycles. The molecule has 4 heteroatoms. The predicted molar refractivity (Wildman–Crippen MR) is 263 cm³/mol. The van der Waals surface area contributed by atoms with Crippen molar-refractivity contribution in [2.45, 2.75) is 82.1 Å². The molecule has 0 saturated heterocycles. The number of fused-ring (bicyclic) bond motifs is 5. The van der Waals surface area contributed by atoms with Crippen LogP contribution in [0.5, 0.6) is 0 Å². The molecule has 0 nitrogen and oxygen atoms in total. The minimum Gasteiger partial charge on any atom is -0.184 e. The summed E-state index contributed by atoms with van der Waals surface area (Å²) in [6.07, 6.45) is 2.31. The Morgan fingerprint density at radius 2 is 0.967 bits per heavy atom. The summed E-state index contributed by atoms with van der Waals surface area (Å²) in [6.45, 7) is 22.5. The van der Waals surface area contributed by atoms with Gasteiger partial charge in [-0.25, -0.2) is 0 Å². The fourth-order valence-corrected chi connectivity index (χ4v) is 9.77. The number of aryl methyl sites for hydroxylation is 2. The molecule has 8 aromatic rings. The van der Waals surface area contributed by atoms with Gasteiger partial charge in [-0.15, -0.1) is 74.6 Å². The third-order valence-electron chi connectivity index (χ3n) is 11.9. The second-order valence-corrected chi connectivity index (χ2v) is 22.1. The van der Waals surface area contributed by atoms with Gasteiger partial charge in [0.25, 0.3) is 0 Å². The van der Waals surface area contributed by atoms with Crippen molar-refractivity contribution >= 4 is 58.5 Å². The summed E-state index contributed by atoms with van der Waals surface area (Å²) in [6, 6.07) is 50.1. The second-order valence-electron chi connectivity index (χ2n) is 17.1. The number of halogens is 2. The molecule has 0 unspecified atom stereocenters. The van der Waals surface area contributed by atoms with Gasteiger partial charge >= 0.3 is 37.9 Å². The number of benzene rings is 6. The quantitative estimate of drug-likeness (QED) is 0.115. The van der Waals surface area contributed by atoms with Crippen LogP contribution < -0.4 is 10.4 Å². The van der Waals surface area contributed by atoms with Crippen molar-refractivity contribution in [2.75, 3.05) is 0 Å². The zero-order chi connectivity index (χ0) is 43.1. The van der Waals surface area contributed by atoms with Crippen LogP contribution in [-0.2, 0) is 33.7 Å². The summed E-state index contributed by atoms with van der Waals surface area (Å²) in [5.41, 5.74) is 19.5. The number of hydrogen-bond acceptors (Lipinski definition) is 0. The van der Waals surface area contributed by atoms with E-state index in [1.807, 2.05) is 6.07 Å². The molecule has 0 aromatic heterocycles. The van der Waals surface area contributed by atoms with Crippen LogP contribution in [0.25, 0.3) is 54.9 Å². The van der Waals surface area contributed by atoms with Gasteiger partial charge in [0, 0.05) is 0 Å². The fraction of sp³-hybridized carbons (Fsp3) is 0.250. The Morgan fingerprint density at radius 3 is 1.45 bits per heavy atom. The molecule has 306 valence electrons. The molecule has 0 amide bonds. The first-order valence-corrected chi connectivity index (χ1v) is 28.5. The monoisotopic (exact) mass is 917 g/mol. The fourth-order valence-electron chi connectivity index (χ4n) is 8.46. The molecule has 0 spiro atoms. The van der Waals surface area contributed by atoms with Gasteiger partial charge in [0.05, 0.1) is 9.52 Å². The molecule has 1 aliphatic heterocycles.